The molecule has 2 N–H and O–H groups in total. The summed E-state index contributed by atoms with van der Waals surface area (Å²) in [5, 5.41) is 11.9. The topological polar surface area (TPSA) is 41.5 Å². The van der Waals surface area contributed by atoms with Crippen molar-refractivity contribution in [2.45, 2.75) is 38.5 Å². The van der Waals surface area contributed by atoms with Crippen LogP contribution in [0.25, 0.3) is 0 Å². The highest BCUT2D eigenvalue weighted by Crippen LogP contribution is 2.23. The van der Waals surface area contributed by atoms with Crippen molar-refractivity contribution < 1.29 is 9.84 Å². The SMILES string of the molecule is CC(CSC(C)(C)C)NCCOCCO. The molecule has 15 heavy (non-hydrogen) atoms. The van der Waals surface area contributed by atoms with E-state index in [4.69, 9.17) is 9.84 Å². The van der Waals surface area contributed by atoms with Crippen molar-refractivity contribution in [3.05, 3.63) is 0 Å². The van der Waals surface area contributed by atoms with Gasteiger partial charge < -0.3 is 15.2 Å². The summed E-state index contributed by atoms with van der Waals surface area (Å²) in [7, 11) is 0. The quantitative estimate of drug-likeness (QED) is 0.626. The lowest BCUT2D eigenvalue weighted by Gasteiger charge is -2.21. The molecule has 0 aliphatic carbocycles. The van der Waals surface area contributed by atoms with Crippen LogP contribution in [0.5, 0.6) is 0 Å². The monoisotopic (exact) mass is 235 g/mol. The molecular weight excluding hydrogens is 210 g/mol. The second-order valence-electron chi connectivity index (χ2n) is 4.61. The Labute approximate surface area is 98.0 Å². The molecule has 0 aliphatic rings. The molecule has 3 nitrogen and oxygen atoms in total. The van der Waals surface area contributed by atoms with Gasteiger partial charge in [-0.1, -0.05) is 20.8 Å². The average Bonchev–Trinajstić information content (AvgIpc) is 2.13. The summed E-state index contributed by atoms with van der Waals surface area (Å²) < 4.78 is 5.50. The minimum Gasteiger partial charge on any atom is -0.394 e. The molecule has 0 bridgehead atoms. The lowest BCUT2D eigenvalue weighted by Crippen LogP contribution is -2.32. The maximum Gasteiger partial charge on any atom is 0.0698 e. The van der Waals surface area contributed by atoms with Crippen molar-refractivity contribution in [3.63, 3.8) is 0 Å². The zero-order valence-corrected chi connectivity index (χ0v) is 11.2. The lowest BCUT2D eigenvalue weighted by molar-refractivity contribution is 0.0931. The summed E-state index contributed by atoms with van der Waals surface area (Å²) in [6.07, 6.45) is 0. The van der Waals surface area contributed by atoms with E-state index in [1.54, 1.807) is 0 Å². The fraction of sp³-hybridized carbons (Fsp3) is 1.00. The van der Waals surface area contributed by atoms with Gasteiger partial charge in [-0.15, -0.1) is 0 Å². The molecule has 0 rings (SSSR count). The predicted molar refractivity (Wildman–Crippen MR) is 67.6 cm³/mol. The van der Waals surface area contributed by atoms with Crippen molar-refractivity contribution >= 4 is 11.8 Å². The molecule has 0 saturated heterocycles. The molecule has 0 radical (unpaired) electrons. The number of rotatable bonds is 8. The number of aliphatic hydroxyl groups is 1. The van der Waals surface area contributed by atoms with Crippen LogP contribution in [0.1, 0.15) is 27.7 Å². The van der Waals surface area contributed by atoms with Gasteiger partial charge in [0, 0.05) is 23.1 Å². The Bertz CT molecular complexity index is 148. The Morgan fingerprint density at radius 2 is 2.00 bits per heavy atom. The second kappa shape index (κ2) is 8.39. The van der Waals surface area contributed by atoms with Crippen molar-refractivity contribution in [3.8, 4) is 0 Å². The number of nitrogens with one attached hydrogen (secondary N) is 1. The van der Waals surface area contributed by atoms with Crippen LogP contribution in [0.2, 0.25) is 0 Å². The largest absolute Gasteiger partial charge is 0.394 e. The van der Waals surface area contributed by atoms with Gasteiger partial charge in [-0.2, -0.15) is 11.8 Å². The van der Waals surface area contributed by atoms with E-state index in [-0.39, 0.29) is 6.61 Å². The van der Waals surface area contributed by atoms with Crippen LogP contribution >= 0.6 is 11.8 Å². The van der Waals surface area contributed by atoms with Gasteiger partial charge in [-0.3, -0.25) is 0 Å². The van der Waals surface area contributed by atoms with Gasteiger partial charge in [-0.25, -0.2) is 0 Å². The highest BCUT2D eigenvalue weighted by atomic mass is 32.2. The van der Waals surface area contributed by atoms with Crippen molar-refractivity contribution in [2.75, 3.05) is 32.1 Å². The maximum absolute atomic E-state index is 8.50. The number of thioether (sulfide) groups is 1. The average molecular weight is 235 g/mol. The molecule has 0 heterocycles. The third-order valence-corrected chi connectivity index (χ3v) is 3.27. The zero-order chi connectivity index (χ0) is 11.7. The first kappa shape index (κ1) is 15.2. The lowest BCUT2D eigenvalue weighted by atomic mass is 10.3. The van der Waals surface area contributed by atoms with E-state index in [1.165, 1.54) is 0 Å². The Balaban J connectivity index is 3.30. The molecule has 0 amide bonds. The van der Waals surface area contributed by atoms with Gasteiger partial charge >= 0.3 is 0 Å². The van der Waals surface area contributed by atoms with Crippen LogP contribution in [0.4, 0.5) is 0 Å². The third-order valence-electron chi connectivity index (χ3n) is 1.74. The van der Waals surface area contributed by atoms with E-state index in [0.29, 0.717) is 24.0 Å². The number of hydrogen-bond donors (Lipinski definition) is 2. The molecule has 0 saturated carbocycles. The molecule has 0 aromatic rings. The molecule has 0 aliphatic heterocycles. The smallest absolute Gasteiger partial charge is 0.0698 e. The molecule has 4 heteroatoms. The van der Waals surface area contributed by atoms with Crippen molar-refractivity contribution in [1.29, 1.82) is 0 Å². The fourth-order valence-electron chi connectivity index (χ4n) is 0.978. The maximum atomic E-state index is 8.50. The fourth-order valence-corrected chi connectivity index (χ4v) is 1.85. The summed E-state index contributed by atoms with van der Waals surface area (Å²) in [6.45, 7) is 10.9. The van der Waals surface area contributed by atoms with Crippen LogP contribution < -0.4 is 5.32 Å². The van der Waals surface area contributed by atoms with Gasteiger partial charge in [-0.05, 0) is 6.92 Å². The van der Waals surface area contributed by atoms with Gasteiger partial charge in [0.25, 0.3) is 0 Å². The highest BCUT2D eigenvalue weighted by Gasteiger charge is 2.12. The van der Waals surface area contributed by atoms with Crippen LogP contribution in [0.15, 0.2) is 0 Å². The molecule has 0 aromatic heterocycles. The number of hydrogen-bond acceptors (Lipinski definition) is 4. The summed E-state index contributed by atoms with van der Waals surface area (Å²) in [5.41, 5.74) is 0. The van der Waals surface area contributed by atoms with E-state index in [1.807, 2.05) is 11.8 Å². The molecule has 92 valence electrons. The van der Waals surface area contributed by atoms with E-state index in [9.17, 15) is 0 Å². The summed E-state index contributed by atoms with van der Waals surface area (Å²) in [5.74, 6) is 1.11. The molecular formula is C11H25NO2S. The first-order valence-corrected chi connectivity index (χ1v) is 6.50. The zero-order valence-electron chi connectivity index (χ0n) is 10.4. The summed E-state index contributed by atoms with van der Waals surface area (Å²) >= 11 is 1.97. The molecule has 1 atom stereocenters. The van der Waals surface area contributed by atoms with Crippen LogP contribution in [-0.4, -0.2) is 48.0 Å². The van der Waals surface area contributed by atoms with Crippen LogP contribution in [0.3, 0.4) is 0 Å². The first-order valence-electron chi connectivity index (χ1n) is 5.51. The Morgan fingerprint density at radius 1 is 1.33 bits per heavy atom. The van der Waals surface area contributed by atoms with Gasteiger partial charge in [0.2, 0.25) is 0 Å². The Morgan fingerprint density at radius 3 is 2.53 bits per heavy atom. The molecule has 0 fully saturated rings. The number of aliphatic hydroxyl groups excluding tert-OH is 1. The standard InChI is InChI=1S/C11H25NO2S/c1-10(9-15-11(2,3)4)12-5-7-14-8-6-13/h10,12-13H,5-9H2,1-4H3. The minimum absolute atomic E-state index is 0.107. The summed E-state index contributed by atoms with van der Waals surface area (Å²) in [4.78, 5) is 0. The van der Waals surface area contributed by atoms with E-state index >= 15 is 0 Å². The first-order chi connectivity index (χ1) is 6.95. The second-order valence-corrected chi connectivity index (χ2v) is 6.46. The highest BCUT2D eigenvalue weighted by molar-refractivity contribution is 8.00. The Kier molecular flexibility index (Phi) is 8.52. The van der Waals surface area contributed by atoms with E-state index < -0.39 is 0 Å². The summed E-state index contributed by atoms with van der Waals surface area (Å²) in [6, 6.07) is 0.506. The Hall–Kier alpha value is 0.230. The van der Waals surface area contributed by atoms with Gasteiger partial charge in [0.1, 0.15) is 0 Å². The normalized spacial score (nSPS) is 14.2. The van der Waals surface area contributed by atoms with Gasteiger partial charge in [0.05, 0.1) is 19.8 Å². The van der Waals surface area contributed by atoms with E-state index in [2.05, 4.69) is 33.0 Å². The number of ether oxygens (including phenoxy) is 1. The van der Waals surface area contributed by atoms with Crippen molar-refractivity contribution in [1.82, 2.24) is 5.32 Å². The van der Waals surface area contributed by atoms with Crippen LogP contribution in [0, 0.1) is 0 Å². The van der Waals surface area contributed by atoms with E-state index in [0.717, 1.165) is 12.3 Å². The predicted octanol–water partition coefficient (Wildman–Crippen LogP) is 1.51. The molecule has 1 unspecified atom stereocenters. The third kappa shape index (κ3) is 12.2. The van der Waals surface area contributed by atoms with Crippen LogP contribution in [-0.2, 0) is 4.74 Å². The van der Waals surface area contributed by atoms with Crippen molar-refractivity contribution in [2.24, 2.45) is 0 Å². The van der Waals surface area contributed by atoms with Gasteiger partial charge in [0.15, 0.2) is 0 Å². The molecule has 0 aromatic carbocycles. The minimum atomic E-state index is 0.107. The molecule has 0 spiro atoms.